The number of carbonyl (C=O) groups excluding carboxylic acids is 2. The number of esters is 2. The van der Waals surface area contributed by atoms with Gasteiger partial charge in [-0.1, -0.05) is 24.3 Å². The Hall–Kier alpha value is -1.58. The van der Waals surface area contributed by atoms with E-state index in [2.05, 4.69) is 16.1 Å². The van der Waals surface area contributed by atoms with Gasteiger partial charge in [0.1, 0.15) is 0 Å². The van der Waals surface area contributed by atoms with Crippen molar-refractivity contribution in [3.05, 3.63) is 24.3 Å². The number of allylic oxidation sites excluding steroid dienone is 1. The summed E-state index contributed by atoms with van der Waals surface area (Å²) < 4.78 is 9.34. The molecular weight excluding hydrogens is 208 g/mol. The molecule has 16 heavy (non-hydrogen) atoms. The first-order valence-electron chi connectivity index (χ1n) is 5.09. The molecule has 0 saturated heterocycles. The quantitative estimate of drug-likeness (QED) is 0.526. The van der Waals surface area contributed by atoms with E-state index in [1.807, 2.05) is 0 Å². The fourth-order valence-corrected chi connectivity index (χ4v) is 1.74. The van der Waals surface area contributed by atoms with Gasteiger partial charge in [-0.3, -0.25) is 9.59 Å². The minimum atomic E-state index is -0.341. The van der Waals surface area contributed by atoms with Gasteiger partial charge in [-0.25, -0.2) is 0 Å². The molecule has 2 atom stereocenters. The van der Waals surface area contributed by atoms with Crippen LogP contribution in [0.3, 0.4) is 0 Å². The summed E-state index contributed by atoms with van der Waals surface area (Å²) in [6, 6.07) is 0. The molecule has 0 unspecified atom stereocenters. The highest BCUT2D eigenvalue weighted by Crippen LogP contribution is 2.26. The lowest BCUT2D eigenvalue weighted by Crippen LogP contribution is -2.13. The summed E-state index contributed by atoms with van der Waals surface area (Å²) in [6.45, 7) is 3.85. The zero-order valence-corrected chi connectivity index (χ0v) is 9.56. The van der Waals surface area contributed by atoms with Crippen molar-refractivity contribution in [2.75, 3.05) is 14.2 Å². The first-order valence-corrected chi connectivity index (χ1v) is 5.09. The summed E-state index contributed by atoms with van der Waals surface area (Å²) in [7, 11) is 2.70. The predicted octanol–water partition coefficient (Wildman–Crippen LogP) is 1.47. The second kappa shape index (κ2) is 5.49. The monoisotopic (exact) mass is 224 g/mol. The Bertz CT molecular complexity index is 300. The molecule has 0 aromatic carbocycles. The van der Waals surface area contributed by atoms with E-state index in [0.29, 0.717) is 12.8 Å². The van der Waals surface area contributed by atoms with Crippen molar-refractivity contribution in [1.29, 1.82) is 0 Å². The topological polar surface area (TPSA) is 52.6 Å². The zero-order chi connectivity index (χ0) is 12.1. The first-order chi connectivity index (χ1) is 7.58. The number of hydrogen-bond acceptors (Lipinski definition) is 4. The Labute approximate surface area is 94.9 Å². The molecule has 0 aliphatic heterocycles. The average Bonchev–Trinajstić information content (AvgIpc) is 2.49. The van der Waals surface area contributed by atoms with Crippen LogP contribution in [0.25, 0.3) is 0 Å². The number of carbonyl (C=O) groups is 2. The van der Waals surface area contributed by atoms with Gasteiger partial charge in [0, 0.05) is 0 Å². The summed E-state index contributed by atoms with van der Waals surface area (Å²) in [5.41, 5.74) is 0.857. The molecule has 1 aliphatic rings. The maximum Gasteiger partial charge on any atom is 0.312 e. The molecular formula is C12H16O4. The molecule has 0 saturated carbocycles. The smallest absolute Gasteiger partial charge is 0.312 e. The molecule has 0 fully saturated rings. The minimum absolute atomic E-state index is 0.303. The molecule has 4 heteroatoms. The summed E-state index contributed by atoms with van der Waals surface area (Å²) >= 11 is 0. The molecule has 1 aliphatic carbocycles. The van der Waals surface area contributed by atoms with E-state index in [4.69, 9.17) is 0 Å². The molecule has 0 bridgehead atoms. The van der Waals surface area contributed by atoms with E-state index in [-0.39, 0.29) is 23.8 Å². The van der Waals surface area contributed by atoms with Gasteiger partial charge in [-0.2, -0.15) is 0 Å². The van der Waals surface area contributed by atoms with E-state index in [9.17, 15) is 9.59 Å². The molecule has 0 N–H and O–H groups in total. The number of ether oxygens (including phenoxy) is 2. The van der Waals surface area contributed by atoms with Crippen LogP contribution in [0.4, 0.5) is 0 Å². The molecule has 0 aromatic heterocycles. The van der Waals surface area contributed by atoms with Crippen LogP contribution in [0, 0.1) is 11.8 Å². The van der Waals surface area contributed by atoms with E-state index < -0.39 is 0 Å². The fourth-order valence-electron chi connectivity index (χ4n) is 1.74. The lowest BCUT2D eigenvalue weighted by Gasteiger charge is -2.10. The maximum atomic E-state index is 11.4. The van der Waals surface area contributed by atoms with Gasteiger partial charge in [0.05, 0.1) is 26.1 Å². The average molecular weight is 224 g/mol. The lowest BCUT2D eigenvalue weighted by molar-refractivity contribution is -0.144. The second-order valence-corrected chi connectivity index (χ2v) is 3.80. The predicted molar refractivity (Wildman–Crippen MR) is 58.5 cm³/mol. The molecule has 4 nitrogen and oxygen atoms in total. The van der Waals surface area contributed by atoms with Crippen LogP contribution in [-0.4, -0.2) is 26.2 Å². The van der Waals surface area contributed by atoms with Crippen molar-refractivity contribution < 1.29 is 19.1 Å². The highest BCUT2D eigenvalue weighted by atomic mass is 16.5. The van der Waals surface area contributed by atoms with Gasteiger partial charge in [-0.15, -0.1) is 0 Å². The molecule has 0 heterocycles. The zero-order valence-electron chi connectivity index (χ0n) is 9.56. The van der Waals surface area contributed by atoms with Crippen molar-refractivity contribution in [1.82, 2.24) is 0 Å². The molecule has 88 valence electrons. The van der Waals surface area contributed by atoms with Crippen LogP contribution in [0.5, 0.6) is 0 Å². The lowest BCUT2D eigenvalue weighted by atomic mass is 9.98. The highest BCUT2D eigenvalue weighted by Gasteiger charge is 2.25. The van der Waals surface area contributed by atoms with E-state index in [0.717, 1.165) is 5.57 Å². The standard InChI is InChI=1S/C12H16O4/c1-8-6-9(11(13)15-2)4-5-10(7-8)12(14)16-3/h4-5,9-10H,1,6-7H2,2-3H3/t9-,10+. The van der Waals surface area contributed by atoms with Crippen LogP contribution in [0.1, 0.15) is 12.8 Å². The normalized spacial score (nSPS) is 24.8. The Morgan fingerprint density at radius 3 is 1.81 bits per heavy atom. The van der Waals surface area contributed by atoms with E-state index in [1.165, 1.54) is 14.2 Å². The second-order valence-electron chi connectivity index (χ2n) is 3.80. The van der Waals surface area contributed by atoms with Gasteiger partial charge >= 0.3 is 11.9 Å². The van der Waals surface area contributed by atoms with E-state index in [1.54, 1.807) is 12.2 Å². The third-order valence-corrected chi connectivity index (χ3v) is 2.60. The van der Waals surface area contributed by atoms with Crippen molar-refractivity contribution >= 4 is 11.9 Å². The van der Waals surface area contributed by atoms with Crippen molar-refractivity contribution in [2.24, 2.45) is 11.8 Å². The van der Waals surface area contributed by atoms with Crippen LogP contribution in [0.15, 0.2) is 24.3 Å². The summed E-state index contributed by atoms with van der Waals surface area (Å²) in [5.74, 6) is -1.29. The molecule has 0 aromatic rings. The van der Waals surface area contributed by atoms with Crippen LogP contribution < -0.4 is 0 Å². The first kappa shape index (κ1) is 12.5. The number of hydrogen-bond donors (Lipinski definition) is 0. The van der Waals surface area contributed by atoms with Gasteiger partial charge in [0.25, 0.3) is 0 Å². The van der Waals surface area contributed by atoms with Crippen molar-refractivity contribution in [3.63, 3.8) is 0 Å². The summed E-state index contributed by atoms with van der Waals surface area (Å²) in [6.07, 6.45) is 4.45. The van der Waals surface area contributed by atoms with Crippen LogP contribution in [-0.2, 0) is 19.1 Å². The fraction of sp³-hybridized carbons (Fsp3) is 0.500. The van der Waals surface area contributed by atoms with Crippen LogP contribution >= 0.6 is 0 Å². The number of rotatable bonds is 2. The number of methoxy groups -OCH3 is 2. The van der Waals surface area contributed by atoms with Gasteiger partial charge in [-0.05, 0) is 12.8 Å². The highest BCUT2D eigenvalue weighted by molar-refractivity contribution is 5.77. The van der Waals surface area contributed by atoms with Gasteiger partial charge in [0.2, 0.25) is 0 Å². The molecule has 1 rings (SSSR count). The summed E-state index contributed by atoms with van der Waals surface area (Å²) in [4.78, 5) is 22.8. The van der Waals surface area contributed by atoms with Gasteiger partial charge in [0.15, 0.2) is 0 Å². The van der Waals surface area contributed by atoms with E-state index >= 15 is 0 Å². The SMILES string of the molecule is C=C1C[C@H](C(=O)OC)C=C[C@H](C(=O)OC)C1. The third kappa shape index (κ3) is 2.95. The molecule has 0 amide bonds. The largest absolute Gasteiger partial charge is 0.469 e. The van der Waals surface area contributed by atoms with Crippen molar-refractivity contribution in [2.45, 2.75) is 12.8 Å². The maximum absolute atomic E-state index is 11.4. The Morgan fingerprint density at radius 2 is 1.50 bits per heavy atom. The minimum Gasteiger partial charge on any atom is -0.469 e. The molecule has 0 spiro atoms. The van der Waals surface area contributed by atoms with Gasteiger partial charge < -0.3 is 9.47 Å². The third-order valence-electron chi connectivity index (χ3n) is 2.60. The Morgan fingerprint density at radius 1 is 1.12 bits per heavy atom. The Kier molecular flexibility index (Phi) is 4.28. The van der Waals surface area contributed by atoms with Crippen molar-refractivity contribution in [3.8, 4) is 0 Å². The Balaban J connectivity index is 2.79. The molecule has 0 radical (unpaired) electrons. The van der Waals surface area contributed by atoms with Crippen LogP contribution in [0.2, 0.25) is 0 Å². The summed E-state index contributed by atoms with van der Waals surface area (Å²) in [5, 5.41) is 0.